The average molecular weight is 429 g/mol. The number of hydrogen-bond donors (Lipinski definition) is 0. The van der Waals surface area contributed by atoms with E-state index in [0.717, 1.165) is 22.4 Å². The third-order valence-electron chi connectivity index (χ3n) is 5.08. The first-order valence-electron chi connectivity index (χ1n) is 10.5. The molecule has 0 aliphatic carbocycles. The Morgan fingerprint density at radius 1 is 0.875 bits per heavy atom. The van der Waals surface area contributed by atoms with E-state index in [9.17, 15) is 9.59 Å². The van der Waals surface area contributed by atoms with Gasteiger partial charge in [0.2, 0.25) is 0 Å². The molecule has 4 nitrogen and oxygen atoms in total. The first-order chi connectivity index (χ1) is 15.3. The highest BCUT2D eigenvalue weighted by Gasteiger charge is 2.21. The van der Waals surface area contributed by atoms with Crippen molar-refractivity contribution in [2.75, 3.05) is 7.11 Å². The fourth-order valence-electron chi connectivity index (χ4n) is 3.29. The third kappa shape index (κ3) is 5.94. The monoisotopic (exact) mass is 428 g/mol. The summed E-state index contributed by atoms with van der Waals surface area (Å²) in [5.41, 5.74) is 3.78. The van der Waals surface area contributed by atoms with Crippen molar-refractivity contribution < 1.29 is 19.1 Å². The van der Waals surface area contributed by atoms with E-state index in [1.54, 1.807) is 31.4 Å². The predicted molar refractivity (Wildman–Crippen MR) is 127 cm³/mol. The molecule has 0 unspecified atom stereocenters. The molecule has 3 rings (SSSR count). The maximum Gasteiger partial charge on any atom is 0.331 e. The van der Waals surface area contributed by atoms with E-state index in [2.05, 4.69) is 20.8 Å². The van der Waals surface area contributed by atoms with Crippen LogP contribution in [-0.4, -0.2) is 18.9 Å². The van der Waals surface area contributed by atoms with Gasteiger partial charge >= 0.3 is 5.97 Å². The number of carbonyl (C=O) groups is 2. The van der Waals surface area contributed by atoms with Gasteiger partial charge in [-0.3, -0.25) is 4.79 Å². The Bertz CT molecular complexity index is 1100. The smallest absolute Gasteiger partial charge is 0.331 e. The Balaban J connectivity index is 1.67. The number of esters is 1. The van der Waals surface area contributed by atoms with Gasteiger partial charge in [0, 0.05) is 22.8 Å². The SMILES string of the molecule is COc1ccc(C(=O)c2ccc(/C=C/C(=O)OCc3ccccc3)cc2)cc1C(C)(C)C. The number of methoxy groups -OCH3 is 1. The normalized spacial score (nSPS) is 11.4. The highest BCUT2D eigenvalue weighted by Crippen LogP contribution is 2.32. The molecular formula is C28H28O4. The van der Waals surface area contributed by atoms with Crippen LogP contribution in [0, 0.1) is 0 Å². The standard InChI is InChI=1S/C28H28O4/c1-28(2,3)24-18-23(15-16-25(24)31-4)27(30)22-13-10-20(11-14-22)12-17-26(29)32-19-21-8-6-5-7-9-21/h5-18H,19H2,1-4H3/b17-12+. The number of carbonyl (C=O) groups excluding carboxylic acids is 2. The van der Waals surface area contributed by atoms with Crippen LogP contribution in [0.3, 0.4) is 0 Å². The first kappa shape index (κ1) is 23.0. The Morgan fingerprint density at radius 2 is 1.53 bits per heavy atom. The maximum absolute atomic E-state index is 13.0. The van der Waals surface area contributed by atoms with Crippen LogP contribution >= 0.6 is 0 Å². The number of ether oxygens (including phenoxy) is 2. The Morgan fingerprint density at radius 3 is 2.16 bits per heavy atom. The number of hydrogen-bond acceptors (Lipinski definition) is 4. The number of ketones is 1. The van der Waals surface area contributed by atoms with Gasteiger partial charge in [-0.05, 0) is 40.8 Å². The molecule has 0 amide bonds. The molecule has 164 valence electrons. The van der Waals surface area contributed by atoms with Crippen molar-refractivity contribution in [2.24, 2.45) is 0 Å². The van der Waals surface area contributed by atoms with Gasteiger partial charge in [0.1, 0.15) is 12.4 Å². The van der Waals surface area contributed by atoms with Gasteiger partial charge in [-0.1, -0.05) is 75.4 Å². The van der Waals surface area contributed by atoms with Gasteiger partial charge in [-0.25, -0.2) is 4.79 Å². The third-order valence-corrected chi connectivity index (χ3v) is 5.08. The van der Waals surface area contributed by atoms with Crippen LogP contribution in [0.5, 0.6) is 5.75 Å². The molecule has 0 spiro atoms. The van der Waals surface area contributed by atoms with E-state index in [1.165, 1.54) is 6.08 Å². The van der Waals surface area contributed by atoms with Crippen LogP contribution < -0.4 is 4.74 Å². The molecule has 0 atom stereocenters. The van der Waals surface area contributed by atoms with Gasteiger partial charge in [0.15, 0.2) is 5.78 Å². The van der Waals surface area contributed by atoms with Crippen molar-refractivity contribution in [1.82, 2.24) is 0 Å². The molecule has 0 N–H and O–H groups in total. The fourth-order valence-corrected chi connectivity index (χ4v) is 3.29. The summed E-state index contributed by atoms with van der Waals surface area (Å²) in [5.74, 6) is 0.298. The summed E-state index contributed by atoms with van der Waals surface area (Å²) in [6, 6.07) is 22.2. The molecule has 0 heterocycles. The average Bonchev–Trinajstić information content (AvgIpc) is 2.81. The quantitative estimate of drug-likeness (QED) is 0.264. The van der Waals surface area contributed by atoms with E-state index in [1.807, 2.05) is 54.6 Å². The van der Waals surface area contributed by atoms with Crippen molar-refractivity contribution in [1.29, 1.82) is 0 Å². The minimum absolute atomic E-state index is 0.0593. The summed E-state index contributed by atoms with van der Waals surface area (Å²) in [6.07, 6.45) is 3.06. The lowest BCUT2D eigenvalue weighted by molar-refractivity contribution is -0.138. The molecule has 0 saturated carbocycles. The summed E-state index contributed by atoms with van der Waals surface area (Å²) in [5, 5.41) is 0. The molecule has 4 heteroatoms. The summed E-state index contributed by atoms with van der Waals surface area (Å²) in [6.45, 7) is 6.50. The topological polar surface area (TPSA) is 52.6 Å². The fraction of sp³-hybridized carbons (Fsp3) is 0.214. The first-order valence-corrected chi connectivity index (χ1v) is 10.5. The van der Waals surface area contributed by atoms with Crippen molar-refractivity contribution in [3.8, 4) is 5.75 Å². The zero-order valence-corrected chi connectivity index (χ0v) is 18.9. The molecule has 0 saturated heterocycles. The van der Waals surface area contributed by atoms with E-state index in [4.69, 9.17) is 9.47 Å². The van der Waals surface area contributed by atoms with Gasteiger partial charge in [0.05, 0.1) is 7.11 Å². The van der Waals surface area contributed by atoms with Crippen molar-refractivity contribution >= 4 is 17.8 Å². The zero-order chi connectivity index (χ0) is 23.1. The number of benzene rings is 3. The molecule has 0 aliphatic heterocycles. The molecular weight excluding hydrogens is 400 g/mol. The summed E-state index contributed by atoms with van der Waals surface area (Å²) >= 11 is 0. The van der Waals surface area contributed by atoms with Crippen LogP contribution in [-0.2, 0) is 21.6 Å². The number of rotatable bonds is 7. The van der Waals surface area contributed by atoms with E-state index >= 15 is 0 Å². The molecule has 3 aromatic carbocycles. The molecule has 0 aromatic heterocycles. The molecule has 0 bridgehead atoms. The summed E-state index contributed by atoms with van der Waals surface area (Å²) in [7, 11) is 1.63. The largest absolute Gasteiger partial charge is 0.496 e. The van der Waals surface area contributed by atoms with Crippen molar-refractivity contribution in [3.05, 3.63) is 107 Å². The Hall–Kier alpha value is -3.66. The van der Waals surface area contributed by atoms with Crippen LogP contribution in [0.2, 0.25) is 0 Å². The van der Waals surface area contributed by atoms with E-state index in [-0.39, 0.29) is 17.8 Å². The molecule has 0 fully saturated rings. The lowest BCUT2D eigenvalue weighted by Crippen LogP contribution is -2.14. The van der Waals surface area contributed by atoms with Gasteiger partial charge in [-0.15, -0.1) is 0 Å². The van der Waals surface area contributed by atoms with Crippen LogP contribution in [0.15, 0.2) is 78.9 Å². The van der Waals surface area contributed by atoms with Crippen molar-refractivity contribution in [2.45, 2.75) is 32.8 Å². The highest BCUT2D eigenvalue weighted by molar-refractivity contribution is 6.09. The molecule has 0 radical (unpaired) electrons. The lowest BCUT2D eigenvalue weighted by Gasteiger charge is -2.22. The minimum atomic E-state index is -0.415. The van der Waals surface area contributed by atoms with Crippen molar-refractivity contribution in [3.63, 3.8) is 0 Å². The van der Waals surface area contributed by atoms with Crippen LogP contribution in [0.4, 0.5) is 0 Å². The summed E-state index contributed by atoms with van der Waals surface area (Å²) < 4.78 is 10.7. The minimum Gasteiger partial charge on any atom is -0.496 e. The summed E-state index contributed by atoms with van der Waals surface area (Å²) in [4.78, 5) is 24.9. The predicted octanol–water partition coefficient (Wildman–Crippen LogP) is 5.98. The van der Waals surface area contributed by atoms with Crippen LogP contribution in [0.1, 0.15) is 53.4 Å². The molecule has 0 aliphatic rings. The highest BCUT2D eigenvalue weighted by atomic mass is 16.5. The van der Waals surface area contributed by atoms with Crippen LogP contribution in [0.25, 0.3) is 6.08 Å². The maximum atomic E-state index is 13.0. The Labute approximate surface area is 189 Å². The van der Waals surface area contributed by atoms with Gasteiger partial charge in [0.25, 0.3) is 0 Å². The lowest BCUT2D eigenvalue weighted by atomic mass is 9.84. The second-order valence-corrected chi connectivity index (χ2v) is 8.54. The Kier molecular flexibility index (Phi) is 7.26. The molecule has 32 heavy (non-hydrogen) atoms. The van der Waals surface area contributed by atoms with Gasteiger partial charge < -0.3 is 9.47 Å². The second-order valence-electron chi connectivity index (χ2n) is 8.54. The molecule has 3 aromatic rings. The zero-order valence-electron chi connectivity index (χ0n) is 18.9. The van der Waals surface area contributed by atoms with E-state index < -0.39 is 5.97 Å². The second kappa shape index (κ2) is 10.1. The van der Waals surface area contributed by atoms with Gasteiger partial charge in [-0.2, -0.15) is 0 Å². The van der Waals surface area contributed by atoms with E-state index in [0.29, 0.717) is 11.1 Å².